The number of carbonyl (C=O) groups is 2. The van der Waals surface area contributed by atoms with E-state index in [9.17, 15) is 9.59 Å². The quantitative estimate of drug-likeness (QED) is 0.864. The summed E-state index contributed by atoms with van der Waals surface area (Å²) in [6.07, 6.45) is 2.88. The fourth-order valence-corrected chi connectivity index (χ4v) is 1.64. The van der Waals surface area contributed by atoms with Crippen molar-refractivity contribution in [2.75, 3.05) is 13.7 Å². The van der Waals surface area contributed by atoms with Crippen molar-refractivity contribution in [1.29, 1.82) is 0 Å². The first-order valence-electron chi connectivity index (χ1n) is 6.15. The highest BCUT2D eigenvalue weighted by Gasteiger charge is 2.15. The number of furan rings is 1. The van der Waals surface area contributed by atoms with Gasteiger partial charge in [-0.25, -0.2) is 9.78 Å². The molecule has 2 aromatic rings. The first kappa shape index (κ1) is 14.6. The Morgan fingerprint density at radius 2 is 2.19 bits per heavy atom. The van der Waals surface area contributed by atoms with Crippen LogP contribution in [-0.4, -0.2) is 40.5 Å². The zero-order valence-corrected chi connectivity index (χ0v) is 11.4. The number of aromatic carboxylic acids is 1. The number of carboxylic acids is 1. The fraction of sp³-hybridized carbons (Fsp3) is 0.214. The van der Waals surface area contributed by atoms with Crippen LogP contribution >= 0.6 is 0 Å². The van der Waals surface area contributed by atoms with E-state index < -0.39 is 5.97 Å². The highest BCUT2D eigenvalue weighted by Crippen LogP contribution is 2.15. The van der Waals surface area contributed by atoms with Gasteiger partial charge in [0.05, 0.1) is 12.8 Å². The highest BCUT2D eigenvalue weighted by atomic mass is 16.5. The van der Waals surface area contributed by atoms with Crippen molar-refractivity contribution in [3.05, 3.63) is 48.2 Å². The number of amides is 1. The summed E-state index contributed by atoms with van der Waals surface area (Å²) >= 11 is 0. The monoisotopic (exact) mass is 290 g/mol. The zero-order chi connectivity index (χ0) is 15.2. The first-order chi connectivity index (χ1) is 10.1. The standard InChI is InChI=1S/C14H14N2O5/c1-16(8-10-4-3-7-20-10)12(17)9-21-11-5-2-6-15-13(11)14(18)19/h2-7H,8-9H2,1H3,(H,18,19). The molecule has 0 radical (unpaired) electrons. The Labute approximate surface area is 120 Å². The van der Waals surface area contributed by atoms with Crippen LogP contribution in [-0.2, 0) is 11.3 Å². The van der Waals surface area contributed by atoms with Crippen molar-refractivity contribution in [2.24, 2.45) is 0 Å². The fourth-order valence-electron chi connectivity index (χ4n) is 1.64. The van der Waals surface area contributed by atoms with Crippen LogP contribution in [0.15, 0.2) is 41.1 Å². The van der Waals surface area contributed by atoms with Crippen LogP contribution in [0.25, 0.3) is 0 Å². The van der Waals surface area contributed by atoms with Gasteiger partial charge in [-0.2, -0.15) is 0 Å². The number of ether oxygens (including phenoxy) is 1. The molecule has 7 heteroatoms. The van der Waals surface area contributed by atoms with E-state index in [1.165, 1.54) is 23.4 Å². The maximum atomic E-state index is 11.9. The summed E-state index contributed by atoms with van der Waals surface area (Å²) in [6.45, 7) is 0.0389. The minimum atomic E-state index is -1.21. The van der Waals surface area contributed by atoms with E-state index in [-0.39, 0.29) is 24.0 Å². The van der Waals surface area contributed by atoms with E-state index in [1.54, 1.807) is 25.2 Å². The molecular formula is C14H14N2O5. The summed E-state index contributed by atoms with van der Waals surface area (Å²) in [7, 11) is 1.61. The van der Waals surface area contributed by atoms with E-state index in [4.69, 9.17) is 14.3 Å². The minimum Gasteiger partial charge on any atom is -0.481 e. The lowest BCUT2D eigenvalue weighted by molar-refractivity contribution is -0.132. The molecular weight excluding hydrogens is 276 g/mol. The first-order valence-corrected chi connectivity index (χ1v) is 6.15. The van der Waals surface area contributed by atoms with Gasteiger partial charge in [-0.15, -0.1) is 0 Å². The third-order valence-corrected chi connectivity index (χ3v) is 2.72. The van der Waals surface area contributed by atoms with Crippen molar-refractivity contribution in [3.63, 3.8) is 0 Å². The summed E-state index contributed by atoms with van der Waals surface area (Å²) in [5, 5.41) is 8.96. The topological polar surface area (TPSA) is 92.9 Å². The Kier molecular flexibility index (Phi) is 4.55. The summed E-state index contributed by atoms with van der Waals surface area (Å²) in [5.41, 5.74) is -0.223. The molecule has 0 aliphatic rings. The maximum absolute atomic E-state index is 11.9. The number of carboxylic acid groups (broad SMARTS) is 1. The zero-order valence-electron chi connectivity index (χ0n) is 11.4. The molecule has 0 fully saturated rings. The van der Waals surface area contributed by atoms with E-state index >= 15 is 0 Å². The number of carbonyl (C=O) groups excluding carboxylic acids is 1. The Hall–Kier alpha value is -2.83. The third kappa shape index (κ3) is 3.82. The van der Waals surface area contributed by atoms with Gasteiger partial charge in [-0.05, 0) is 24.3 Å². The second kappa shape index (κ2) is 6.56. The molecule has 7 nitrogen and oxygen atoms in total. The van der Waals surface area contributed by atoms with Gasteiger partial charge in [0.1, 0.15) is 5.76 Å². The molecule has 2 aromatic heterocycles. The minimum absolute atomic E-state index is 0.0600. The van der Waals surface area contributed by atoms with Gasteiger partial charge >= 0.3 is 5.97 Å². The Morgan fingerprint density at radius 3 is 2.86 bits per heavy atom. The van der Waals surface area contributed by atoms with Crippen LogP contribution in [0.1, 0.15) is 16.2 Å². The number of hydrogen-bond acceptors (Lipinski definition) is 5. The van der Waals surface area contributed by atoms with Gasteiger partial charge in [0.2, 0.25) is 0 Å². The number of aromatic nitrogens is 1. The molecule has 0 bridgehead atoms. The Morgan fingerprint density at radius 1 is 1.38 bits per heavy atom. The normalized spacial score (nSPS) is 10.1. The summed E-state index contributed by atoms with van der Waals surface area (Å²) in [6, 6.07) is 6.49. The SMILES string of the molecule is CN(Cc1ccco1)C(=O)COc1cccnc1C(=O)O. The molecule has 1 amide bonds. The molecule has 2 heterocycles. The predicted molar refractivity (Wildman–Crippen MR) is 71.9 cm³/mol. The van der Waals surface area contributed by atoms with E-state index in [2.05, 4.69) is 4.98 Å². The summed E-state index contributed by atoms with van der Waals surface area (Å²) < 4.78 is 10.4. The molecule has 0 aliphatic heterocycles. The second-order valence-electron chi connectivity index (χ2n) is 4.27. The van der Waals surface area contributed by atoms with Gasteiger partial charge in [0, 0.05) is 13.2 Å². The Balaban J connectivity index is 1.93. The van der Waals surface area contributed by atoms with Gasteiger partial charge < -0.3 is 19.2 Å². The van der Waals surface area contributed by atoms with E-state index in [0.29, 0.717) is 12.3 Å². The molecule has 0 spiro atoms. The van der Waals surface area contributed by atoms with Crippen molar-refractivity contribution < 1.29 is 23.8 Å². The lowest BCUT2D eigenvalue weighted by Crippen LogP contribution is -2.31. The summed E-state index contributed by atoms with van der Waals surface area (Å²) in [5.74, 6) is -0.795. The number of pyridine rings is 1. The van der Waals surface area contributed by atoms with Gasteiger partial charge in [0.25, 0.3) is 5.91 Å². The van der Waals surface area contributed by atoms with Crippen LogP contribution in [0.5, 0.6) is 5.75 Å². The second-order valence-corrected chi connectivity index (χ2v) is 4.27. The molecule has 2 rings (SSSR count). The molecule has 110 valence electrons. The summed E-state index contributed by atoms with van der Waals surface area (Å²) in [4.78, 5) is 28.0. The lowest BCUT2D eigenvalue weighted by atomic mass is 10.3. The predicted octanol–water partition coefficient (Wildman–Crippen LogP) is 1.41. The average molecular weight is 290 g/mol. The number of hydrogen-bond donors (Lipinski definition) is 1. The van der Waals surface area contributed by atoms with E-state index in [1.807, 2.05) is 0 Å². The van der Waals surface area contributed by atoms with Crippen molar-refractivity contribution in [2.45, 2.75) is 6.54 Å². The molecule has 21 heavy (non-hydrogen) atoms. The van der Waals surface area contributed by atoms with Gasteiger partial charge in [-0.3, -0.25) is 4.79 Å². The van der Waals surface area contributed by atoms with Crippen LogP contribution in [0.3, 0.4) is 0 Å². The highest BCUT2D eigenvalue weighted by molar-refractivity contribution is 5.88. The van der Waals surface area contributed by atoms with Crippen LogP contribution in [0.4, 0.5) is 0 Å². The molecule has 0 atom stereocenters. The smallest absolute Gasteiger partial charge is 0.358 e. The van der Waals surface area contributed by atoms with Crippen molar-refractivity contribution in [1.82, 2.24) is 9.88 Å². The van der Waals surface area contributed by atoms with Crippen molar-refractivity contribution in [3.8, 4) is 5.75 Å². The third-order valence-electron chi connectivity index (χ3n) is 2.72. The van der Waals surface area contributed by atoms with Gasteiger partial charge in [0.15, 0.2) is 18.1 Å². The number of likely N-dealkylation sites (N-methyl/N-ethyl adjacent to an activating group) is 1. The van der Waals surface area contributed by atoms with Crippen LogP contribution in [0, 0.1) is 0 Å². The largest absolute Gasteiger partial charge is 0.481 e. The number of rotatable bonds is 6. The lowest BCUT2D eigenvalue weighted by Gasteiger charge is -2.16. The van der Waals surface area contributed by atoms with Gasteiger partial charge in [-0.1, -0.05) is 0 Å². The van der Waals surface area contributed by atoms with Crippen LogP contribution < -0.4 is 4.74 Å². The molecule has 0 aliphatic carbocycles. The maximum Gasteiger partial charge on any atom is 0.358 e. The molecule has 0 saturated carbocycles. The molecule has 0 unspecified atom stereocenters. The number of nitrogens with zero attached hydrogens (tertiary/aromatic N) is 2. The molecule has 0 saturated heterocycles. The van der Waals surface area contributed by atoms with Crippen molar-refractivity contribution >= 4 is 11.9 Å². The molecule has 0 aromatic carbocycles. The Bertz CT molecular complexity index is 624. The van der Waals surface area contributed by atoms with E-state index in [0.717, 1.165) is 0 Å². The van der Waals surface area contributed by atoms with Crippen LogP contribution in [0.2, 0.25) is 0 Å². The average Bonchev–Trinajstić information content (AvgIpc) is 2.97. The molecule has 1 N–H and O–H groups in total.